The van der Waals surface area contributed by atoms with Crippen LogP contribution in [0.5, 0.6) is 0 Å². The smallest absolute Gasteiger partial charge is 0.0890 e. The Labute approximate surface area is 101 Å². The van der Waals surface area contributed by atoms with Crippen molar-refractivity contribution in [2.45, 2.75) is 25.8 Å². The van der Waals surface area contributed by atoms with Crippen molar-refractivity contribution in [1.29, 1.82) is 0 Å². The largest absolute Gasteiger partial charge is 0.300 e. The van der Waals surface area contributed by atoms with Crippen LogP contribution >= 0.6 is 0 Å². The van der Waals surface area contributed by atoms with Crippen molar-refractivity contribution in [2.24, 2.45) is 0 Å². The van der Waals surface area contributed by atoms with E-state index in [1.165, 1.54) is 0 Å². The summed E-state index contributed by atoms with van der Waals surface area (Å²) in [5.74, 6) is 0.564. The van der Waals surface area contributed by atoms with Gasteiger partial charge < -0.3 is 0 Å². The normalized spacial score (nSPS) is 17.6. The van der Waals surface area contributed by atoms with Gasteiger partial charge in [0.1, 0.15) is 0 Å². The fourth-order valence-electron chi connectivity index (χ4n) is 2.29. The van der Waals surface area contributed by atoms with Gasteiger partial charge in [-0.2, -0.15) is 0 Å². The number of hydrogen-bond acceptors (Lipinski definition) is 3. The van der Waals surface area contributed by atoms with Gasteiger partial charge in [-0.05, 0) is 26.0 Å². The van der Waals surface area contributed by atoms with E-state index in [1.54, 1.807) is 0 Å². The zero-order chi connectivity index (χ0) is 11.8. The molecule has 0 atom stereocenters. The van der Waals surface area contributed by atoms with E-state index >= 15 is 0 Å². The molecule has 1 aliphatic rings. The molecule has 1 aliphatic heterocycles. The van der Waals surface area contributed by atoms with Crippen molar-refractivity contribution in [3.8, 4) is 0 Å². The number of fused-ring (bicyclic) bond motifs is 1. The molecule has 0 amide bonds. The first kappa shape index (κ1) is 10.7. The topological polar surface area (TPSA) is 29.0 Å². The maximum Gasteiger partial charge on any atom is 0.0890 e. The van der Waals surface area contributed by atoms with Crippen LogP contribution in [-0.2, 0) is 0 Å². The first-order valence-corrected chi connectivity index (χ1v) is 6.20. The molecule has 2 heterocycles. The Morgan fingerprint density at radius 2 is 1.88 bits per heavy atom. The third kappa shape index (κ3) is 1.91. The minimum atomic E-state index is 0.564. The molecule has 0 bridgehead atoms. The maximum atomic E-state index is 4.70. The highest BCUT2D eigenvalue weighted by molar-refractivity contribution is 5.73. The number of para-hydroxylation sites is 2. The molecule has 2 aromatic rings. The molecule has 1 saturated heterocycles. The van der Waals surface area contributed by atoms with E-state index in [0.29, 0.717) is 12.0 Å². The van der Waals surface area contributed by atoms with Crippen molar-refractivity contribution in [2.75, 3.05) is 13.1 Å². The Kier molecular flexibility index (Phi) is 2.56. The molecule has 3 nitrogen and oxygen atoms in total. The average Bonchev–Trinajstić information content (AvgIpc) is 2.26. The van der Waals surface area contributed by atoms with Crippen molar-refractivity contribution in [1.82, 2.24) is 14.9 Å². The zero-order valence-electron chi connectivity index (χ0n) is 10.3. The van der Waals surface area contributed by atoms with Crippen LogP contribution in [0.4, 0.5) is 0 Å². The summed E-state index contributed by atoms with van der Waals surface area (Å²) in [5, 5.41) is 0. The third-order valence-electron chi connectivity index (χ3n) is 3.53. The van der Waals surface area contributed by atoms with Gasteiger partial charge in [-0.1, -0.05) is 12.1 Å². The summed E-state index contributed by atoms with van der Waals surface area (Å²) in [7, 11) is 0. The summed E-state index contributed by atoms with van der Waals surface area (Å²) in [4.78, 5) is 11.6. The summed E-state index contributed by atoms with van der Waals surface area (Å²) in [6.45, 7) is 6.71. The first-order valence-electron chi connectivity index (χ1n) is 6.20. The van der Waals surface area contributed by atoms with E-state index in [1.807, 2.05) is 30.5 Å². The van der Waals surface area contributed by atoms with Gasteiger partial charge in [0.2, 0.25) is 0 Å². The number of benzene rings is 1. The predicted octanol–water partition coefficient (Wildman–Crippen LogP) is 2.44. The molecule has 1 aromatic carbocycles. The number of hydrogen-bond donors (Lipinski definition) is 0. The fourth-order valence-corrected chi connectivity index (χ4v) is 2.29. The first-order chi connectivity index (χ1) is 8.24. The number of rotatable bonds is 2. The van der Waals surface area contributed by atoms with E-state index in [0.717, 1.165) is 29.8 Å². The highest BCUT2D eigenvalue weighted by Crippen LogP contribution is 2.27. The van der Waals surface area contributed by atoms with Gasteiger partial charge in [0, 0.05) is 31.2 Å². The van der Waals surface area contributed by atoms with Crippen LogP contribution in [0.3, 0.4) is 0 Å². The summed E-state index contributed by atoms with van der Waals surface area (Å²) >= 11 is 0. The van der Waals surface area contributed by atoms with Gasteiger partial charge >= 0.3 is 0 Å². The van der Waals surface area contributed by atoms with Gasteiger partial charge in [-0.3, -0.25) is 9.88 Å². The molecule has 0 aliphatic carbocycles. The minimum Gasteiger partial charge on any atom is -0.300 e. The molecule has 0 saturated carbocycles. The van der Waals surface area contributed by atoms with Crippen LogP contribution in [0, 0.1) is 0 Å². The molecule has 17 heavy (non-hydrogen) atoms. The van der Waals surface area contributed by atoms with Crippen molar-refractivity contribution >= 4 is 11.0 Å². The average molecular weight is 227 g/mol. The molecule has 0 N–H and O–H groups in total. The second-order valence-electron chi connectivity index (χ2n) is 5.03. The van der Waals surface area contributed by atoms with Crippen molar-refractivity contribution < 1.29 is 0 Å². The van der Waals surface area contributed by atoms with Crippen LogP contribution in [0.1, 0.15) is 25.5 Å². The summed E-state index contributed by atoms with van der Waals surface area (Å²) in [5.41, 5.74) is 3.13. The van der Waals surface area contributed by atoms with Crippen LogP contribution in [0.2, 0.25) is 0 Å². The molecular weight excluding hydrogens is 210 g/mol. The van der Waals surface area contributed by atoms with Gasteiger partial charge in [0.25, 0.3) is 0 Å². The van der Waals surface area contributed by atoms with E-state index < -0.39 is 0 Å². The van der Waals surface area contributed by atoms with E-state index in [-0.39, 0.29) is 0 Å². The lowest BCUT2D eigenvalue weighted by molar-refractivity contribution is 0.108. The second kappa shape index (κ2) is 4.08. The monoisotopic (exact) mass is 227 g/mol. The Bertz CT molecular complexity index is 530. The molecule has 0 radical (unpaired) electrons. The van der Waals surface area contributed by atoms with Crippen LogP contribution < -0.4 is 0 Å². The molecule has 0 unspecified atom stereocenters. The van der Waals surface area contributed by atoms with Gasteiger partial charge in [-0.25, -0.2) is 4.98 Å². The summed E-state index contributed by atoms with van der Waals surface area (Å²) in [6.07, 6.45) is 1.94. The highest BCUT2D eigenvalue weighted by Gasteiger charge is 2.30. The molecular formula is C14H17N3. The summed E-state index contributed by atoms with van der Waals surface area (Å²) < 4.78 is 0. The number of nitrogens with zero attached hydrogens (tertiary/aromatic N) is 3. The lowest BCUT2D eigenvalue weighted by Crippen LogP contribution is -2.48. The van der Waals surface area contributed by atoms with Gasteiger partial charge in [-0.15, -0.1) is 0 Å². The van der Waals surface area contributed by atoms with E-state index in [2.05, 4.69) is 23.7 Å². The Morgan fingerprint density at radius 1 is 1.18 bits per heavy atom. The van der Waals surface area contributed by atoms with Crippen molar-refractivity contribution in [3.05, 3.63) is 36.2 Å². The number of likely N-dealkylation sites (tertiary alicyclic amines) is 1. The highest BCUT2D eigenvalue weighted by atomic mass is 15.2. The molecule has 0 spiro atoms. The van der Waals surface area contributed by atoms with Gasteiger partial charge in [0.05, 0.1) is 16.7 Å². The molecule has 3 heteroatoms. The quantitative estimate of drug-likeness (QED) is 0.789. The van der Waals surface area contributed by atoms with Crippen LogP contribution in [0.25, 0.3) is 11.0 Å². The number of aromatic nitrogens is 2. The summed E-state index contributed by atoms with van der Waals surface area (Å²) in [6, 6.07) is 8.69. The van der Waals surface area contributed by atoms with E-state index in [9.17, 15) is 0 Å². The molecule has 1 aromatic heterocycles. The van der Waals surface area contributed by atoms with Gasteiger partial charge in [0.15, 0.2) is 0 Å². The minimum absolute atomic E-state index is 0.564. The molecule has 1 fully saturated rings. The Hall–Kier alpha value is -1.48. The third-order valence-corrected chi connectivity index (χ3v) is 3.53. The molecule has 3 rings (SSSR count). The Balaban J connectivity index is 1.83. The van der Waals surface area contributed by atoms with Crippen molar-refractivity contribution in [3.63, 3.8) is 0 Å². The lowest BCUT2D eigenvalue weighted by Gasteiger charge is -2.41. The molecule has 88 valence electrons. The van der Waals surface area contributed by atoms with Crippen LogP contribution in [-0.4, -0.2) is 34.0 Å². The Morgan fingerprint density at radius 3 is 2.59 bits per heavy atom. The predicted molar refractivity (Wildman–Crippen MR) is 69.0 cm³/mol. The second-order valence-corrected chi connectivity index (χ2v) is 5.03. The lowest BCUT2D eigenvalue weighted by atomic mass is 9.95. The maximum absolute atomic E-state index is 4.70. The fraction of sp³-hybridized carbons (Fsp3) is 0.429. The standard InChI is InChI=1S/C14H17N3/c1-10(2)17-8-11(9-17)14-7-15-12-5-3-4-6-13(12)16-14/h3-7,10-11H,8-9H2,1-2H3. The van der Waals surface area contributed by atoms with Crippen LogP contribution in [0.15, 0.2) is 30.5 Å². The SMILES string of the molecule is CC(C)N1CC(c2cnc3ccccc3n2)C1. The van der Waals surface area contributed by atoms with E-state index in [4.69, 9.17) is 4.98 Å². The zero-order valence-corrected chi connectivity index (χ0v) is 10.3.